The van der Waals surface area contributed by atoms with Crippen LogP contribution in [-0.4, -0.2) is 39.8 Å². The minimum absolute atomic E-state index is 0.0824. The van der Waals surface area contributed by atoms with E-state index in [2.05, 4.69) is 15.3 Å². The van der Waals surface area contributed by atoms with E-state index in [9.17, 15) is 14.4 Å². The highest BCUT2D eigenvalue weighted by atomic mass is 16.2. The molecule has 0 saturated carbocycles. The highest BCUT2D eigenvalue weighted by Crippen LogP contribution is 2.20. The summed E-state index contributed by atoms with van der Waals surface area (Å²) in [6.45, 7) is 2.84. The molecule has 0 unspecified atom stereocenters. The van der Waals surface area contributed by atoms with Gasteiger partial charge in [0.25, 0.3) is 11.5 Å². The number of piperidine rings is 1. The van der Waals surface area contributed by atoms with E-state index in [1.807, 2.05) is 13.0 Å². The van der Waals surface area contributed by atoms with Gasteiger partial charge in [0.05, 0.1) is 0 Å². The van der Waals surface area contributed by atoms with Crippen LogP contribution in [0.15, 0.2) is 41.5 Å². The third-order valence-corrected chi connectivity index (χ3v) is 4.36. The monoisotopic (exact) mass is 340 g/mol. The Morgan fingerprint density at radius 2 is 2.00 bits per heavy atom. The van der Waals surface area contributed by atoms with Gasteiger partial charge in [-0.15, -0.1) is 0 Å². The van der Waals surface area contributed by atoms with Crippen LogP contribution in [0.5, 0.6) is 0 Å². The van der Waals surface area contributed by atoms with Gasteiger partial charge in [-0.2, -0.15) is 0 Å². The van der Waals surface area contributed by atoms with Gasteiger partial charge in [0.1, 0.15) is 11.4 Å². The molecule has 1 aliphatic heterocycles. The summed E-state index contributed by atoms with van der Waals surface area (Å²) < 4.78 is 0. The van der Waals surface area contributed by atoms with Crippen LogP contribution < -0.4 is 10.9 Å². The van der Waals surface area contributed by atoms with E-state index in [4.69, 9.17) is 0 Å². The lowest BCUT2D eigenvalue weighted by Gasteiger charge is -2.31. The molecule has 130 valence electrons. The first-order valence-electron chi connectivity index (χ1n) is 8.25. The van der Waals surface area contributed by atoms with Gasteiger partial charge in [0.2, 0.25) is 5.91 Å². The summed E-state index contributed by atoms with van der Waals surface area (Å²) in [6.07, 6.45) is 4.32. The van der Waals surface area contributed by atoms with Crippen LogP contribution in [0.25, 0.3) is 0 Å². The summed E-state index contributed by atoms with van der Waals surface area (Å²) in [5, 5.41) is 2.82. The molecule has 1 fully saturated rings. The second kappa shape index (κ2) is 7.29. The van der Waals surface area contributed by atoms with Crippen LogP contribution >= 0.6 is 0 Å². The highest BCUT2D eigenvalue weighted by molar-refractivity contribution is 5.94. The fraction of sp³-hybridized carbons (Fsp3) is 0.333. The molecule has 0 bridgehead atoms. The molecule has 1 saturated heterocycles. The Morgan fingerprint density at radius 3 is 2.64 bits per heavy atom. The number of amides is 2. The number of H-pyrrole nitrogens is 1. The van der Waals surface area contributed by atoms with E-state index in [0.717, 1.165) is 5.56 Å². The molecular formula is C18H20N4O3. The van der Waals surface area contributed by atoms with Gasteiger partial charge in [-0.3, -0.25) is 14.4 Å². The number of nitrogens with one attached hydrogen (secondary N) is 2. The lowest BCUT2D eigenvalue weighted by atomic mass is 9.95. The maximum absolute atomic E-state index is 12.4. The smallest absolute Gasteiger partial charge is 0.260 e. The number of pyridine rings is 2. The standard InChI is InChI=1S/C18H20N4O3/c1-12-4-5-15(20-11-12)21-16(23)13-6-9-22(10-7-13)18(25)14-3-2-8-19-17(14)24/h2-5,8,11,13H,6-7,9-10H2,1H3,(H,19,24)(H,20,21,23). The van der Waals surface area contributed by atoms with E-state index in [1.165, 1.54) is 12.3 Å². The Bertz CT molecular complexity index is 821. The molecular weight excluding hydrogens is 320 g/mol. The van der Waals surface area contributed by atoms with Gasteiger partial charge in [-0.1, -0.05) is 6.07 Å². The minimum atomic E-state index is -0.391. The van der Waals surface area contributed by atoms with Crippen LogP contribution in [0.2, 0.25) is 0 Å². The van der Waals surface area contributed by atoms with Crippen molar-refractivity contribution in [3.05, 3.63) is 58.1 Å². The molecule has 0 spiro atoms. The number of carbonyl (C=O) groups excluding carboxylic acids is 2. The SMILES string of the molecule is Cc1ccc(NC(=O)C2CCN(C(=O)c3ccc[nH]c3=O)CC2)nc1. The number of anilines is 1. The zero-order valence-corrected chi connectivity index (χ0v) is 14.0. The fourth-order valence-corrected chi connectivity index (χ4v) is 2.88. The molecule has 0 radical (unpaired) electrons. The molecule has 0 aromatic carbocycles. The molecule has 3 heterocycles. The molecule has 2 aromatic rings. The summed E-state index contributed by atoms with van der Waals surface area (Å²) in [7, 11) is 0. The Balaban J connectivity index is 1.57. The summed E-state index contributed by atoms with van der Waals surface area (Å²) >= 11 is 0. The van der Waals surface area contributed by atoms with Crippen molar-refractivity contribution in [1.29, 1.82) is 0 Å². The number of aromatic amines is 1. The maximum Gasteiger partial charge on any atom is 0.260 e. The first-order chi connectivity index (χ1) is 12.0. The molecule has 2 aromatic heterocycles. The average Bonchev–Trinajstić information content (AvgIpc) is 2.63. The number of nitrogens with zero attached hydrogens (tertiary/aromatic N) is 2. The number of likely N-dealkylation sites (tertiary alicyclic amines) is 1. The normalized spacial score (nSPS) is 15.0. The van der Waals surface area contributed by atoms with E-state index in [-0.39, 0.29) is 23.3 Å². The fourth-order valence-electron chi connectivity index (χ4n) is 2.88. The average molecular weight is 340 g/mol. The maximum atomic E-state index is 12.4. The van der Waals surface area contributed by atoms with Crippen LogP contribution in [0.4, 0.5) is 5.82 Å². The van der Waals surface area contributed by atoms with Gasteiger partial charge >= 0.3 is 0 Å². The molecule has 7 nitrogen and oxygen atoms in total. The molecule has 1 aliphatic rings. The number of hydrogen-bond acceptors (Lipinski definition) is 4. The minimum Gasteiger partial charge on any atom is -0.338 e. The molecule has 2 N–H and O–H groups in total. The van der Waals surface area contributed by atoms with E-state index in [1.54, 1.807) is 23.2 Å². The number of rotatable bonds is 3. The number of hydrogen-bond donors (Lipinski definition) is 2. The molecule has 7 heteroatoms. The Kier molecular flexibility index (Phi) is 4.92. The molecule has 2 amide bonds. The Hall–Kier alpha value is -2.96. The van der Waals surface area contributed by atoms with Crippen molar-refractivity contribution in [2.45, 2.75) is 19.8 Å². The second-order valence-corrected chi connectivity index (χ2v) is 6.19. The van der Waals surface area contributed by atoms with Crippen molar-refractivity contribution >= 4 is 17.6 Å². The lowest BCUT2D eigenvalue weighted by molar-refractivity contribution is -0.121. The largest absolute Gasteiger partial charge is 0.338 e. The van der Waals surface area contributed by atoms with Crippen LogP contribution in [0.1, 0.15) is 28.8 Å². The number of carbonyl (C=O) groups is 2. The molecule has 25 heavy (non-hydrogen) atoms. The van der Waals surface area contributed by atoms with Crippen LogP contribution in [0.3, 0.4) is 0 Å². The first-order valence-corrected chi connectivity index (χ1v) is 8.25. The zero-order chi connectivity index (χ0) is 17.8. The quantitative estimate of drug-likeness (QED) is 0.886. The summed E-state index contributed by atoms with van der Waals surface area (Å²) in [5.41, 5.74) is 0.771. The van der Waals surface area contributed by atoms with E-state index >= 15 is 0 Å². The summed E-state index contributed by atoms with van der Waals surface area (Å²) in [4.78, 5) is 44.8. The molecule has 3 rings (SSSR count). The molecule has 0 aliphatic carbocycles. The van der Waals surface area contributed by atoms with Gasteiger partial charge in [-0.05, 0) is 43.5 Å². The predicted octanol–water partition coefficient (Wildman–Crippen LogP) is 1.57. The van der Waals surface area contributed by atoms with Gasteiger partial charge in [-0.25, -0.2) is 4.98 Å². The third kappa shape index (κ3) is 3.93. The zero-order valence-electron chi connectivity index (χ0n) is 14.0. The van der Waals surface area contributed by atoms with E-state index in [0.29, 0.717) is 31.7 Å². The predicted molar refractivity (Wildman–Crippen MR) is 93.3 cm³/mol. The Morgan fingerprint density at radius 1 is 1.24 bits per heavy atom. The summed E-state index contributed by atoms with van der Waals surface area (Å²) in [5.74, 6) is -0.00643. The summed E-state index contributed by atoms with van der Waals surface area (Å²) in [6, 6.07) is 6.81. The van der Waals surface area contributed by atoms with Crippen molar-refractivity contribution in [2.75, 3.05) is 18.4 Å². The topological polar surface area (TPSA) is 95.2 Å². The van der Waals surface area contributed by atoms with Gasteiger partial charge in [0, 0.05) is 31.4 Å². The van der Waals surface area contributed by atoms with Crippen LogP contribution in [0, 0.1) is 12.8 Å². The number of aromatic nitrogens is 2. The highest BCUT2D eigenvalue weighted by Gasteiger charge is 2.28. The lowest BCUT2D eigenvalue weighted by Crippen LogP contribution is -2.43. The van der Waals surface area contributed by atoms with Crippen molar-refractivity contribution in [3.63, 3.8) is 0 Å². The Labute approximate surface area is 145 Å². The van der Waals surface area contributed by atoms with Crippen molar-refractivity contribution < 1.29 is 9.59 Å². The van der Waals surface area contributed by atoms with Crippen molar-refractivity contribution in [1.82, 2.24) is 14.9 Å². The second-order valence-electron chi connectivity index (χ2n) is 6.19. The number of aryl methyl sites for hydroxylation is 1. The van der Waals surface area contributed by atoms with Crippen molar-refractivity contribution in [2.24, 2.45) is 5.92 Å². The third-order valence-electron chi connectivity index (χ3n) is 4.36. The molecule has 0 atom stereocenters. The first kappa shape index (κ1) is 16.9. The van der Waals surface area contributed by atoms with Gasteiger partial charge in [0.15, 0.2) is 0 Å². The van der Waals surface area contributed by atoms with E-state index < -0.39 is 5.56 Å². The van der Waals surface area contributed by atoms with Crippen molar-refractivity contribution in [3.8, 4) is 0 Å². The van der Waals surface area contributed by atoms with Crippen LogP contribution in [-0.2, 0) is 4.79 Å². The van der Waals surface area contributed by atoms with Gasteiger partial charge < -0.3 is 15.2 Å².